The molecule has 0 unspecified atom stereocenters. The van der Waals surface area contributed by atoms with Gasteiger partial charge in [-0.05, 0) is 49.6 Å². The lowest BCUT2D eigenvalue weighted by Crippen LogP contribution is -2.54. The Balaban J connectivity index is 1.68. The lowest BCUT2D eigenvalue weighted by atomic mass is 9.93. The first-order valence-electron chi connectivity index (χ1n) is 8.53. The molecule has 0 aliphatic carbocycles. The number of amides is 1. The fraction of sp³-hybridized carbons (Fsp3) is 0.421. The van der Waals surface area contributed by atoms with Crippen LogP contribution in [0.2, 0.25) is 0 Å². The summed E-state index contributed by atoms with van der Waals surface area (Å²) in [7, 11) is 1.62. The van der Waals surface area contributed by atoms with Crippen molar-refractivity contribution in [3.05, 3.63) is 53.9 Å². The summed E-state index contributed by atoms with van der Waals surface area (Å²) in [6.45, 7) is 3.16. The van der Waals surface area contributed by atoms with Gasteiger partial charge in [0, 0.05) is 26.0 Å². The molecule has 0 saturated carbocycles. The first-order chi connectivity index (χ1) is 12.5. The van der Waals surface area contributed by atoms with E-state index in [0.717, 1.165) is 18.4 Å². The number of aryl methyl sites for hydroxylation is 1. The van der Waals surface area contributed by atoms with Crippen molar-refractivity contribution in [1.29, 1.82) is 0 Å². The number of methoxy groups -OCH3 is 1. The number of aromatic nitrogens is 2. The van der Waals surface area contributed by atoms with E-state index in [4.69, 9.17) is 9.47 Å². The molecule has 3 rings (SSSR count). The minimum atomic E-state index is -0.618. The van der Waals surface area contributed by atoms with Crippen LogP contribution in [-0.4, -0.2) is 53.2 Å². The molecule has 1 aliphatic rings. The molecule has 2 heterocycles. The Morgan fingerprint density at radius 2 is 1.96 bits per heavy atom. The van der Waals surface area contributed by atoms with E-state index in [-0.39, 0.29) is 24.2 Å². The van der Waals surface area contributed by atoms with Gasteiger partial charge in [0.05, 0.1) is 6.54 Å². The maximum Gasteiger partial charge on any atom is 0.291 e. The molecule has 6 nitrogen and oxygen atoms in total. The van der Waals surface area contributed by atoms with Gasteiger partial charge < -0.3 is 14.4 Å². The van der Waals surface area contributed by atoms with Gasteiger partial charge in [0.25, 0.3) is 5.91 Å². The normalized spacial score (nSPS) is 20.0. The van der Waals surface area contributed by atoms with E-state index in [1.807, 2.05) is 6.92 Å². The SMILES string of the molecule is CO[C@@]1(COc2ccc(F)cc2)CCCN(C(=O)c2ncc(C)cn2)C1. The van der Waals surface area contributed by atoms with Crippen LogP contribution < -0.4 is 4.74 Å². The van der Waals surface area contributed by atoms with Gasteiger partial charge in [-0.25, -0.2) is 14.4 Å². The molecule has 1 aliphatic heterocycles. The van der Waals surface area contributed by atoms with E-state index in [2.05, 4.69) is 9.97 Å². The molecule has 1 aromatic carbocycles. The summed E-state index contributed by atoms with van der Waals surface area (Å²) in [5, 5.41) is 0. The zero-order valence-electron chi connectivity index (χ0n) is 14.9. The molecule has 2 aromatic rings. The van der Waals surface area contributed by atoms with Crippen LogP contribution in [0.4, 0.5) is 4.39 Å². The summed E-state index contributed by atoms with van der Waals surface area (Å²) in [6.07, 6.45) is 4.82. The van der Waals surface area contributed by atoms with Crippen LogP contribution in [0.5, 0.6) is 5.75 Å². The summed E-state index contributed by atoms with van der Waals surface area (Å²) in [6, 6.07) is 5.84. The van der Waals surface area contributed by atoms with Crippen molar-refractivity contribution in [2.24, 2.45) is 0 Å². The lowest BCUT2D eigenvalue weighted by molar-refractivity contribution is -0.0826. The van der Waals surface area contributed by atoms with E-state index in [0.29, 0.717) is 18.8 Å². The molecule has 1 atom stereocenters. The van der Waals surface area contributed by atoms with E-state index >= 15 is 0 Å². The van der Waals surface area contributed by atoms with Gasteiger partial charge in [-0.15, -0.1) is 0 Å². The number of nitrogens with zero attached hydrogens (tertiary/aromatic N) is 3. The van der Waals surface area contributed by atoms with Gasteiger partial charge in [0.2, 0.25) is 5.82 Å². The highest BCUT2D eigenvalue weighted by Gasteiger charge is 2.39. The average Bonchev–Trinajstić information content (AvgIpc) is 2.68. The Bertz CT molecular complexity index is 752. The highest BCUT2D eigenvalue weighted by atomic mass is 19.1. The number of piperidine rings is 1. The van der Waals surface area contributed by atoms with E-state index in [9.17, 15) is 9.18 Å². The molecule has 0 radical (unpaired) electrons. The number of hydrogen-bond donors (Lipinski definition) is 0. The number of likely N-dealkylation sites (tertiary alicyclic amines) is 1. The van der Waals surface area contributed by atoms with Crippen LogP contribution >= 0.6 is 0 Å². The predicted octanol–water partition coefficient (Wildman–Crippen LogP) is 2.62. The number of rotatable bonds is 5. The lowest BCUT2D eigenvalue weighted by Gasteiger charge is -2.41. The number of halogens is 1. The quantitative estimate of drug-likeness (QED) is 0.821. The third-order valence-corrected chi connectivity index (χ3v) is 4.55. The summed E-state index contributed by atoms with van der Waals surface area (Å²) in [4.78, 5) is 22.6. The maximum absolute atomic E-state index is 13.0. The molecular weight excluding hydrogens is 337 g/mol. The summed E-state index contributed by atoms with van der Waals surface area (Å²) < 4.78 is 24.5. The summed E-state index contributed by atoms with van der Waals surface area (Å²) in [5.74, 6) is 0.217. The number of carbonyl (C=O) groups is 1. The first-order valence-corrected chi connectivity index (χ1v) is 8.53. The highest BCUT2D eigenvalue weighted by molar-refractivity contribution is 5.90. The van der Waals surface area contributed by atoms with Crippen molar-refractivity contribution >= 4 is 5.91 Å². The van der Waals surface area contributed by atoms with E-state index in [1.54, 1.807) is 36.5 Å². The Kier molecular flexibility index (Phi) is 5.46. The smallest absolute Gasteiger partial charge is 0.291 e. The average molecular weight is 359 g/mol. The second-order valence-corrected chi connectivity index (χ2v) is 6.54. The molecule has 1 saturated heterocycles. The van der Waals surface area contributed by atoms with Gasteiger partial charge in [-0.2, -0.15) is 0 Å². The molecule has 138 valence electrons. The van der Waals surface area contributed by atoms with Crippen LogP contribution in [0.25, 0.3) is 0 Å². The standard InChI is InChI=1S/C19H22FN3O3/c1-14-10-21-17(22-11-14)18(24)23-9-3-8-19(12-23,25-2)13-26-16-6-4-15(20)5-7-16/h4-7,10-11H,3,8-9,12-13H2,1-2H3/t19-/m0/s1. The number of benzene rings is 1. The fourth-order valence-electron chi connectivity index (χ4n) is 3.00. The highest BCUT2D eigenvalue weighted by Crippen LogP contribution is 2.27. The van der Waals surface area contributed by atoms with Crippen molar-refractivity contribution < 1.29 is 18.7 Å². The van der Waals surface area contributed by atoms with Crippen LogP contribution in [0.3, 0.4) is 0 Å². The fourth-order valence-corrected chi connectivity index (χ4v) is 3.00. The van der Waals surface area contributed by atoms with Gasteiger partial charge in [0.15, 0.2) is 0 Å². The molecule has 0 bridgehead atoms. The topological polar surface area (TPSA) is 64.6 Å². The monoisotopic (exact) mass is 359 g/mol. The minimum absolute atomic E-state index is 0.182. The molecule has 7 heteroatoms. The molecule has 0 N–H and O–H groups in total. The predicted molar refractivity (Wildman–Crippen MR) is 93.5 cm³/mol. The minimum Gasteiger partial charge on any atom is -0.491 e. The van der Waals surface area contributed by atoms with Crippen LogP contribution in [0.1, 0.15) is 29.0 Å². The molecule has 1 fully saturated rings. The third-order valence-electron chi connectivity index (χ3n) is 4.55. The zero-order valence-corrected chi connectivity index (χ0v) is 14.9. The Hall–Kier alpha value is -2.54. The van der Waals surface area contributed by atoms with Crippen molar-refractivity contribution in [2.75, 3.05) is 26.8 Å². The molecule has 1 amide bonds. The largest absolute Gasteiger partial charge is 0.491 e. The van der Waals surface area contributed by atoms with Crippen molar-refractivity contribution in [3.63, 3.8) is 0 Å². The molecule has 0 spiro atoms. The molecule has 26 heavy (non-hydrogen) atoms. The van der Waals surface area contributed by atoms with Crippen LogP contribution in [0, 0.1) is 12.7 Å². The van der Waals surface area contributed by atoms with Crippen LogP contribution in [-0.2, 0) is 4.74 Å². The van der Waals surface area contributed by atoms with Gasteiger partial charge >= 0.3 is 0 Å². The molecular formula is C19H22FN3O3. The molecule has 1 aromatic heterocycles. The van der Waals surface area contributed by atoms with Gasteiger partial charge in [-0.1, -0.05) is 0 Å². The Labute approximate surface area is 152 Å². The number of ether oxygens (including phenoxy) is 2. The third kappa shape index (κ3) is 4.16. The summed E-state index contributed by atoms with van der Waals surface area (Å²) >= 11 is 0. The van der Waals surface area contributed by atoms with Gasteiger partial charge in [0.1, 0.15) is 23.8 Å². The van der Waals surface area contributed by atoms with Crippen molar-refractivity contribution in [2.45, 2.75) is 25.4 Å². The Morgan fingerprint density at radius 3 is 2.62 bits per heavy atom. The second kappa shape index (κ2) is 7.78. The van der Waals surface area contributed by atoms with Crippen molar-refractivity contribution in [3.8, 4) is 5.75 Å². The van der Waals surface area contributed by atoms with E-state index in [1.165, 1.54) is 12.1 Å². The first kappa shape index (κ1) is 18.3. The van der Waals surface area contributed by atoms with Crippen molar-refractivity contribution in [1.82, 2.24) is 14.9 Å². The maximum atomic E-state index is 13.0. The number of carbonyl (C=O) groups excluding carboxylic acids is 1. The van der Waals surface area contributed by atoms with Gasteiger partial charge in [-0.3, -0.25) is 4.79 Å². The van der Waals surface area contributed by atoms with E-state index < -0.39 is 5.60 Å². The zero-order chi connectivity index (χ0) is 18.6. The van der Waals surface area contributed by atoms with Crippen LogP contribution in [0.15, 0.2) is 36.7 Å². The number of hydrogen-bond acceptors (Lipinski definition) is 5. The second-order valence-electron chi connectivity index (χ2n) is 6.54. The Morgan fingerprint density at radius 1 is 1.27 bits per heavy atom. The summed E-state index contributed by atoms with van der Waals surface area (Å²) in [5.41, 5.74) is 0.284.